The molecule has 8 nitrogen and oxygen atoms in total. The molecule has 32 heavy (non-hydrogen) atoms. The molecule has 2 aromatic carbocycles. The Morgan fingerprint density at radius 3 is 2.84 bits per heavy atom. The number of rotatable bonds is 7. The highest BCUT2D eigenvalue weighted by molar-refractivity contribution is 8.18. The van der Waals surface area contributed by atoms with Gasteiger partial charge in [0.1, 0.15) is 5.75 Å². The Balaban J connectivity index is 1.27. The largest absolute Gasteiger partial charge is 0.484 e. The van der Waals surface area contributed by atoms with E-state index >= 15 is 0 Å². The molecular weight excluding hydrogens is 456 g/mol. The number of ether oxygens (including phenoxy) is 3. The lowest BCUT2D eigenvalue weighted by Gasteiger charge is -2.13. The first-order chi connectivity index (χ1) is 15.4. The van der Waals surface area contributed by atoms with Gasteiger partial charge in [0.2, 0.25) is 6.79 Å². The first-order valence-electron chi connectivity index (χ1n) is 9.71. The van der Waals surface area contributed by atoms with Crippen molar-refractivity contribution in [3.05, 3.63) is 57.5 Å². The molecule has 1 N–H and O–H groups in total. The molecule has 0 aromatic heterocycles. The molecule has 10 heteroatoms. The summed E-state index contributed by atoms with van der Waals surface area (Å²) in [7, 11) is 0. The first kappa shape index (κ1) is 22.0. The minimum atomic E-state index is -0.403. The van der Waals surface area contributed by atoms with E-state index in [9.17, 15) is 14.4 Å². The van der Waals surface area contributed by atoms with Crippen LogP contribution in [0.4, 0.5) is 4.79 Å². The van der Waals surface area contributed by atoms with E-state index in [1.807, 2.05) is 6.92 Å². The molecule has 0 spiro atoms. The van der Waals surface area contributed by atoms with Crippen molar-refractivity contribution in [1.82, 2.24) is 10.2 Å². The second-order valence-corrected chi connectivity index (χ2v) is 8.42. The van der Waals surface area contributed by atoms with Crippen molar-refractivity contribution in [2.45, 2.75) is 6.92 Å². The van der Waals surface area contributed by atoms with Crippen LogP contribution in [0.2, 0.25) is 5.02 Å². The van der Waals surface area contributed by atoms with Gasteiger partial charge in [-0.2, -0.15) is 0 Å². The number of imide groups is 1. The highest BCUT2D eigenvalue weighted by Crippen LogP contribution is 2.36. The highest BCUT2D eigenvalue weighted by Gasteiger charge is 2.34. The van der Waals surface area contributed by atoms with Crippen molar-refractivity contribution in [2.75, 3.05) is 26.5 Å². The highest BCUT2D eigenvalue weighted by atomic mass is 35.5. The number of carbonyl (C=O) groups excluding carboxylic acids is 3. The van der Waals surface area contributed by atoms with Crippen molar-refractivity contribution in [3.8, 4) is 17.2 Å². The van der Waals surface area contributed by atoms with Crippen LogP contribution in [0.1, 0.15) is 11.1 Å². The second-order valence-electron chi connectivity index (χ2n) is 6.99. The molecule has 0 atom stereocenters. The van der Waals surface area contributed by atoms with E-state index in [4.69, 9.17) is 25.8 Å². The van der Waals surface area contributed by atoms with Crippen LogP contribution in [-0.4, -0.2) is 48.4 Å². The van der Waals surface area contributed by atoms with Crippen molar-refractivity contribution in [2.24, 2.45) is 0 Å². The molecule has 4 rings (SSSR count). The van der Waals surface area contributed by atoms with Gasteiger partial charge in [-0.25, -0.2) is 0 Å². The average Bonchev–Trinajstić information content (AvgIpc) is 3.32. The van der Waals surface area contributed by atoms with Gasteiger partial charge in [-0.15, -0.1) is 0 Å². The molecule has 1 fully saturated rings. The Morgan fingerprint density at radius 1 is 1.22 bits per heavy atom. The predicted octanol–water partition coefficient (Wildman–Crippen LogP) is 3.61. The SMILES string of the molecule is Cc1cc(Cl)ccc1OCC(=O)NCCN1C(=O)S/C(=C\c2ccc3c(c2)OCO3)C1=O. The first-order valence-corrected chi connectivity index (χ1v) is 10.9. The van der Waals surface area contributed by atoms with Gasteiger partial charge in [0.15, 0.2) is 18.1 Å². The minimum absolute atomic E-state index is 0.0643. The van der Waals surface area contributed by atoms with E-state index < -0.39 is 5.91 Å². The fourth-order valence-electron chi connectivity index (χ4n) is 3.12. The summed E-state index contributed by atoms with van der Waals surface area (Å²) in [5, 5.41) is 2.85. The van der Waals surface area contributed by atoms with Gasteiger partial charge in [-0.05, 0) is 66.2 Å². The average molecular weight is 475 g/mol. The molecule has 0 aliphatic carbocycles. The number of amides is 3. The van der Waals surface area contributed by atoms with E-state index in [1.165, 1.54) is 0 Å². The number of nitrogens with zero attached hydrogens (tertiary/aromatic N) is 1. The Kier molecular flexibility index (Phi) is 6.57. The Labute approximate surface area is 193 Å². The van der Waals surface area contributed by atoms with Crippen LogP contribution in [0, 0.1) is 6.92 Å². The molecule has 2 aromatic rings. The number of thioether (sulfide) groups is 1. The number of benzene rings is 2. The summed E-state index contributed by atoms with van der Waals surface area (Å²) < 4.78 is 16.1. The zero-order valence-corrected chi connectivity index (χ0v) is 18.6. The molecule has 2 heterocycles. The molecule has 2 aliphatic heterocycles. The lowest BCUT2D eigenvalue weighted by Crippen LogP contribution is -2.38. The van der Waals surface area contributed by atoms with Gasteiger partial charge >= 0.3 is 0 Å². The quantitative estimate of drug-likeness (QED) is 0.612. The maximum Gasteiger partial charge on any atom is 0.293 e. The van der Waals surface area contributed by atoms with Gasteiger partial charge in [0.05, 0.1) is 4.91 Å². The van der Waals surface area contributed by atoms with Crippen LogP contribution in [0.25, 0.3) is 6.08 Å². The maximum absolute atomic E-state index is 12.6. The molecule has 0 radical (unpaired) electrons. The van der Waals surface area contributed by atoms with E-state index in [0.29, 0.717) is 27.2 Å². The third-order valence-corrected chi connectivity index (χ3v) is 5.86. The Morgan fingerprint density at radius 2 is 2.03 bits per heavy atom. The zero-order chi connectivity index (χ0) is 22.7. The normalized spacial score (nSPS) is 16.1. The van der Waals surface area contributed by atoms with Crippen molar-refractivity contribution < 1.29 is 28.6 Å². The standard InChI is InChI=1S/C22H19ClN2O6S/c1-13-8-15(23)3-5-16(13)29-11-20(26)24-6-7-25-21(27)19(32-22(25)28)10-14-2-4-17-18(9-14)31-12-30-17/h2-5,8-10H,6-7,11-12H2,1H3,(H,24,26)/b19-10-. The molecular formula is C22H19ClN2O6S. The van der Waals surface area contributed by atoms with Crippen LogP contribution in [0.3, 0.4) is 0 Å². The molecule has 0 bridgehead atoms. The zero-order valence-electron chi connectivity index (χ0n) is 17.1. The molecule has 3 amide bonds. The van der Waals surface area contributed by atoms with E-state index in [2.05, 4.69) is 5.32 Å². The van der Waals surface area contributed by atoms with Crippen LogP contribution in [-0.2, 0) is 9.59 Å². The van der Waals surface area contributed by atoms with Gasteiger partial charge in [0, 0.05) is 18.1 Å². The number of aryl methyl sites for hydroxylation is 1. The molecule has 2 aliphatic rings. The Hall–Kier alpha value is -3.17. The lowest BCUT2D eigenvalue weighted by molar-refractivity contribution is -0.125. The summed E-state index contributed by atoms with van der Waals surface area (Å²) >= 11 is 6.76. The van der Waals surface area contributed by atoms with E-state index in [1.54, 1.807) is 42.5 Å². The van der Waals surface area contributed by atoms with Crippen molar-refractivity contribution in [3.63, 3.8) is 0 Å². The summed E-state index contributed by atoms with van der Waals surface area (Å²) in [6.07, 6.45) is 1.63. The number of fused-ring (bicyclic) bond motifs is 1. The van der Waals surface area contributed by atoms with Crippen LogP contribution >= 0.6 is 23.4 Å². The van der Waals surface area contributed by atoms with E-state index in [-0.39, 0.29) is 37.6 Å². The maximum atomic E-state index is 12.6. The van der Waals surface area contributed by atoms with Crippen molar-refractivity contribution in [1.29, 1.82) is 0 Å². The second kappa shape index (κ2) is 9.54. The van der Waals surface area contributed by atoms with Crippen molar-refractivity contribution >= 4 is 46.5 Å². The van der Waals surface area contributed by atoms with E-state index in [0.717, 1.165) is 27.8 Å². The van der Waals surface area contributed by atoms with Gasteiger partial charge in [-0.1, -0.05) is 17.7 Å². The smallest absolute Gasteiger partial charge is 0.293 e. The molecule has 0 saturated carbocycles. The number of halogens is 1. The summed E-state index contributed by atoms with van der Waals surface area (Å²) in [4.78, 5) is 38.3. The number of hydrogen-bond donors (Lipinski definition) is 1. The van der Waals surface area contributed by atoms with Gasteiger partial charge in [-0.3, -0.25) is 19.3 Å². The fraction of sp³-hybridized carbons (Fsp3) is 0.227. The monoisotopic (exact) mass is 474 g/mol. The molecule has 1 saturated heterocycles. The van der Waals surface area contributed by atoms with Gasteiger partial charge in [0.25, 0.3) is 17.1 Å². The Bertz CT molecular complexity index is 1120. The predicted molar refractivity (Wildman–Crippen MR) is 120 cm³/mol. The van der Waals surface area contributed by atoms with Gasteiger partial charge < -0.3 is 19.5 Å². The third-order valence-electron chi connectivity index (χ3n) is 4.72. The summed E-state index contributed by atoms with van der Waals surface area (Å²) in [6, 6.07) is 10.4. The molecule has 166 valence electrons. The number of hydrogen-bond acceptors (Lipinski definition) is 7. The summed E-state index contributed by atoms with van der Waals surface area (Å²) in [5.41, 5.74) is 1.54. The van der Waals surface area contributed by atoms with Crippen LogP contribution < -0.4 is 19.5 Å². The molecule has 0 unspecified atom stereocenters. The number of nitrogens with one attached hydrogen (secondary N) is 1. The topological polar surface area (TPSA) is 94.2 Å². The summed E-state index contributed by atoms with van der Waals surface area (Å²) in [6.45, 7) is 1.99. The van der Waals surface area contributed by atoms with Crippen LogP contribution in [0.15, 0.2) is 41.3 Å². The number of carbonyl (C=O) groups is 3. The minimum Gasteiger partial charge on any atom is -0.484 e. The van der Waals surface area contributed by atoms with Crippen LogP contribution in [0.5, 0.6) is 17.2 Å². The third kappa shape index (κ3) is 5.00. The summed E-state index contributed by atoms with van der Waals surface area (Å²) in [5.74, 6) is 1.03. The lowest BCUT2D eigenvalue weighted by atomic mass is 10.2. The fourth-order valence-corrected chi connectivity index (χ4v) is 4.21.